The van der Waals surface area contributed by atoms with Gasteiger partial charge in [0.1, 0.15) is 11.5 Å². The van der Waals surface area contributed by atoms with Gasteiger partial charge in [0.05, 0.1) is 34.4 Å². The van der Waals surface area contributed by atoms with Gasteiger partial charge in [-0.2, -0.15) is 15.0 Å². The fraction of sp³-hybridized carbons (Fsp3) is 0.296. The van der Waals surface area contributed by atoms with E-state index in [4.69, 9.17) is 0 Å². The first kappa shape index (κ1) is 24.4. The van der Waals surface area contributed by atoms with Crippen molar-refractivity contribution in [1.82, 2.24) is 29.8 Å². The highest BCUT2D eigenvalue weighted by atomic mass is 32.2. The number of rotatable bonds is 5. The number of halogens is 1. The summed E-state index contributed by atoms with van der Waals surface area (Å²) in [5, 5.41) is 11.6. The molecule has 0 spiro atoms. The zero-order valence-corrected chi connectivity index (χ0v) is 21.7. The summed E-state index contributed by atoms with van der Waals surface area (Å²) in [6, 6.07) is 9.61. The second-order valence-electron chi connectivity index (χ2n) is 10.0. The van der Waals surface area contributed by atoms with Crippen LogP contribution in [0.3, 0.4) is 0 Å². The summed E-state index contributed by atoms with van der Waals surface area (Å²) in [7, 11) is -2.26. The summed E-state index contributed by atoms with van der Waals surface area (Å²) in [6.07, 6.45) is 7.66. The third kappa shape index (κ3) is 3.89. The summed E-state index contributed by atoms with van der Waals surface area (Å²) in [5.74, 6) is -0.544. The first-order chi connectivity index (χ1) is 18.2. The van der Waals surface area contributed by atoms with Gasteiger partial charge in [0, 0.05) is 13.2 Å². The molecule has 0 amide bonds. The Bertz CT molecular complexity index is 1710. The van der Waals surface area contributed by atoms with E-state index in [2.05, 4.69) is 20.3 Å². The molecule has 2 aliphatic rings. The Morgan fingerprint density at radius 3 is 2.63 bits per heavy atom. The molecule has 6 rings (SSSR count). The van der Waals surface area contributed by atoms with Crippen LogP contribution in [0.2, 0.25) is 0 Å². The molecule has 2 aliphatic carbocycles. The number of Topliss-reactive ketones (excluding diaryl/α,β-unsaturated/α-hetero) is 1. The SMILES string of the molecule is Cc1ccnc(C(=O)[C@]23Cc4cnn(-c5ccc(F)cc5)c4C=C2CC[C@H](S(=O)(=O)c2cnn(C)n2)C3)c1. The molecule has 0 unspecified atom stereocenters. The van der Waals surface area contributed by atoms with Crippen LogP contribution < -0.4 is 0 Å². The number of nitrogens with zero attached hydrogens (tertiary/aromatic N) is 6. The highest BCUT2D eigenvalue weighted by molar-refractivity contribution is 7.92. The van der Waals surface area contributed by atoms with Crippen molar-refractivity contribution in [2.24, 2.45) is 12.5 Å². The number of pyridine rings is 1. The van der Waals surface area contributed by atoms with Crippen molar-refractivity contribution in [1.29, 1.82) is 0 Å². The summed E-state index contributed by atoms with van der Waals surface area (Å²) in [4.78, 5) is 19.8. The van der Waals surface area contributed by atoms with Crippen LogP contribution in [0.5, 0.6) is 0 Å². The minimum absolute atomic E-state index is 0.0886. The van der Waals surface area contributed by atoms with E-state index in [0.717, 1.165) is 22.4 Å². The number of carbonyl (C=O) groups excluding carboxylic acids is 1. The molecule has 1 fully saturated rings. The van der Waals surface area contributed by atoms with Crippen LogP contribution in [0.4, 0.5) is 4.39 Å². The fourth-order valence-electron chi connectivity index (χ4n) is 5.65. The molecular weight excluding hydrogens is 507 g/mol. The number of allylic oxidation sites excluding steroid dienone is 1. The summed E-state index contributed by atoms with van der Waals surface area (Å²) >= 11 is 0. The average molecular weight is 533 g/mol. The van der Waals surface area contributed by atoms with Gasteiger partial charge in [0.15, 0.2) is 10.8 Å². The van der Waals surface area contributed by atoms with E-state index in [-0.39, 0.29) is 29.5 Å². The molecule has 0 radical (unpaired) electrons. The number of aryl methyl sites for hydroxylation is 2. The molecule has 0 N–H and O–H groups in total. The first-order valence-corrected chi connectivity index (χ1v) is 13.8. The lowest BCUT2D eigenvalue weighted by molar-refractivity contribution is 0.0796. The van der Waals surface area contributed by atoms with Crippen molar-refractivity contribution in [3.63, 3.8) is 0 Å². The molecule has 194 valence electrons. The predicted molar refractivity (Wildman–Crippen MR) is 137 cm³/mol. The lowest BCUT2D eigenvalue weighted by atomic mass is 9.61. The minimum atomic E-state index is -3.82. The van der Waals surface area contributed by atoms with Crippen molar-refractivity contribution in [3.05, 3.63) is 88.9 Å². The zero-order chi connectivity index (χ0) is 26.7. The van der Waals surface area contributed by atoms with E-state index in [1.807, 2.05) is 19.1 Å². The molecule has 0 bridgehead atoms. The zero-order valence-electron chi connectivity index (χ0n) is 20.9. The van der Waals surface area contributed by atoms with Gasteiger partial charge in [-0.1, -0.05) is 5.57 Å². The molecule has 38 heavy (non-hydrogen) atoms. The van der Waals surface area contributed by atoms with Gasteiger partial charge in [-0.25, -0.2) is 17.5 Å². The molecule has 0 aliphatic heterocycles. The van der Waals surface area contributed by atoms with Crippen LogP contribution in [-0.2, 0) is 23.3 Å². The van der Waals surface area contributed by atoms with Gasteiger partial charge in [-0.3, -0.25) is 9.78 Å². The minimum Gasteiger partial charge on any atom is -0.291 e. The van der Waals surface area contributed by atoms with Crippen LogP contribution in [0, 0.1) is 18.2 Å². The van der Waals surface area contributed by atoms with Crippen LogP contribution in [0.25, 0.3) is 11.8 Å². The van der Waals surface area contributed by atoms with E-state index < -0.39 is 20.5 Å². The van der Waals surface area contributed by atoms with Gasteiger partial charge in [0.25, 0.3) is 0 Å². The standard InChI is InChI=1S/C27H25FN6O3S/c1-17-9-10-29-23(11-17)26(35)27-13-18-15-31-34(21-6-4-20(28)5-7-21)24(18)12-19(27)3-8-22(14-27)38(36,37)25-16-30-33(2)32-25/h4-7,9-12,15-16,22H,3,8,13-14H2,1-2H3/t22-,27-/m0/s1. The number of aromatic nitrogens is 6. The summed E-state index contributed by atoms with van der Waals surface area (Å²) < 4.78 is 42.4. The highest BCUT2D eigenvalue weighted by Gasteiger charge is 2.52. The second kappa shape index (κ2) is 8.80. The number of benzene rings is 1. The first-order valence-electron chi connectivity index (χ1n) is 12.3. The Morgan fingerprint density at radius 2 is 1.92 bits per heavy atom. The maximum Gasteiger partial charge on any atom is 0.201 e. The molecule has 1 saturated carbocycles. The van der Waals surface area contributed by atoms with Crippen molar-refractivity contribution in [3.8, 4) is 5.69 Å². The van der Waals surface area contributed by atoms with Gasteiger partial charge in [-0.15, -0.1) is 5.10 Å². The van der Waals surface area contributed by atoms with Gasteiger partial charge in [-0.05, 0) is 86.2 Å². The quantitative estimate of drug-likeness (QED) is 0.360. The molecule has 1 aromatic carbocycles. The number of hydrogen-bond donors (Lipinski definition) is 0. The predicted octanol–water partition coefficient (Wildman–Crippen LogP) is 3.68. The number of fused-ring (bicyclic) bond motifs is 2. The van der Waals surface area contributed by atoms with E-state index in [1.54, 1.807) is 42.3 Å². The maximum atomic E-state index is 14.2. The van der Waals surface area contributed by atoms with Crippen molar-refractivity contribution >= 4 is 21.7 Å². The normalized spacial score (nSPS) is 20.9. The third-order valence-corrected chi connectivity index (χ3v) is 9.63. The summed E-state index contributed by atoms with van der Waals surface area (Å²) in [6.45, 7) is 1.89. The van der Waals surface area contributed by atoms with Crippen molar-refractivity contribution in [2.75, 3.05) is 0 Å². The van der Waals surface area contributed by atoms with Crippen LogP contribution in [-0.4, -0.2) is 49.2 Å². The lowest BCUT2D eigenvalue weighted by Crippen LogP contribution is -2.46. The fourth-order valence-corrected chi connectivity index (χ4v) is 7.35. The van der Waals surface area contributed by atoms with Crippen molar-refractivity contribution < 1.29 is 17.6 Å². The monoisotopic (exact) mass is 532 g/mol. The third-order valence-electron chi connectivity index (χ3n) is 7.58. The number of ketones is 1. The van der Waals surface area contributed by atoms with Gasteiger partial charge >= 0.3 is 0 Å². The van der Waals surface area contributed by atoms with E-state index in [9.17, 15) is 17.6 Å². The molecule has 4 aromatic rings. The van der Waals surface area contributed by atoms with Gasteiger partial charge in [0.2, 0.25) is 9.84 Å². The Balaban J connectivity index is 1.46. The largest absolute Gasteiger partial charge is 0.291 e. The molecule has 3 aromatic heterocycles. The Labute approximate surface area is 218 Å². The average Bonchev–Trinajstić information content (AvgIpc) is 3.53. The van der Waals surface area contributed by atoms with E-state index in [0.29, 0.717) is 24.2 Å². The van der Waals surface area contributed by atoms with Gasteiger partial charge < -0.3 is 0 Å². The number of carbonyl (C=O) groups is 1. The van der Waals surface area contributed by atoms with Crippen LogP contribution in [0.1, 0.15) is 46.6 Å². The maximum absolute atomic E-state index is 14.2. The summed E-state index contributed by atoms with van der Waals surface area (Å²) in [5.41, 5.74) is 3.28. The molecular formula is C27H25FN6O3S. The van der Waals surface area contributed by atoms with Crippen LogP contribution >= 0.6 is 0 Å². The van der Waals surface area contributed by atoms with E-state index in [1.165, 1.54) is 23.1 Å². The Kier molecular flexibility index (Phi) is 5.64. The smallest absolute Gasteiger partial charge is 0.201 e. The molecule has 0 saturated heterocycles. The Morgan fingerprint density at radius 1 is 1.13 bits per heavy atom. The Hall–Kier alpha value is -3.99. The van der Waals surface area contributed by atoms with E-state index >= 15 is 0 Å². The molecule has 3 heterocycles. The lowest BCUT2D eigenvalue weighted by Gasteiger charge is -2.43. The van der Waals surface area contributed by atoms with Crippen LogP contribution in [0.15, 0.2) is 65.6 Å². The molecule has 2 atom stereocenters. The topological polar surface area (TPSA) is 113 Å². The highest BCUT2D eigenvalue weighted by Crippen LogP contribution is 2.51. The second-order valence-corrected chi connectivity index (χ2v) is 12.2. The molecule has 9 nitrogen and oxygen atoms in total. The molecule has 11 heteroatoms. The number of hydrogen-bond acceptors (Lipinski definition) is 7. The van der Waals surface area contributed by atoms with Crippen molar-refractivity contribution in [2.45, 2.75) is 42.9 Å². The number of sulfone groups is 1.